The van der Waals surface area contributed by atoms with E-state index in [9.17, 15) is 4.79 Å². The van der Waals surface area contributed by atoms with Crippen LogP contribution in [0.15, 0.2) is 6.07 Å². The van der Waals surface area contributed by atoms with Crippen molar-refractivity contribution in [1.82, 2.24) is 9.97 Å². The molecule has 106 valence electrons. The van der Waals surface area contributed by atoms with E-state index in [0.717, 1.165) is 37.4 Å². The molecule has 0 saturated heterocycles. The van der Waals surface area contributed by atoms with E-state index in [0.29, 0.717) is 5.82 Å². The lowest BCUT2D eigenvalue weighted by molar-refractivity contribution is -0.138. The van der Waals surface area contributed by atoms with Gasteiger partial charge >= 0.3 is 5.97 Å². The third-order valence-electron chi connectivity index (χ3n) is 2.44. The highest BCUT2D eigenvalue weighted by Gasteiger charge is 2.06. The monoisotopic (exact) mass is 266 g/mol. The Labute approximate surface area is 114 Å². The fourth-order valence-corrected chi connectivity index (χ4v) is 1.50. The molecule has 0 aliphatic heterocycles. The number of aryl methyl sites for hydroxylation is 1. The van der Waals surface area contributed by atoms with Gasteiger partial charge in [-0.3, -0.25) is 4.79 Å². The van der Waals surface area contributed by atoms with Crippen LogP contribution in [0.25, 0.3) is 0 Å². The van der Waals surface area contributed by atoms with Crippen LogP contribution in [0, 0.1) is 0 Å². The van der Waals surface area contributed by atoms with Gasteiger partial charge in [0, 0.05) is 19.0 Å². The maximum absolute atomic E-state index is 11.1. The summed E-state index contributed by atoms with van der Waals surface area (Å²) in [5.74, 6) is 1.88. The van der Waals surface area contributed by atoms with Gasteiger partial charge in [-0.2, -0.15) is 0 Å². The van der Waals surface area contributed by atoms with Crippen molar-refractivity contribution in [3.8, 4) is 0 Å². The standard InChI is InChI=1S/C13H22N4O2/c1-4-6-10-16-11(14-7-5-2)8-12(17-10)15-9-13(18)19-3/h8H,4-7,9H2,1-3H3,(H2,14,15,16,17). The van der Waals surface area contributed by atoms with E-state index in [1.807, 2.05) is 0 Å². The number of hydrogen-bond donors (Lipinski definition) is 2. The number of methoxy groups -OCH3 is 1. The van der Waals surface area contributed by atoms with Crippen molar-refractivity contribution in [2.24, 2.45) is 0 Å². The number of ether oxygens (including phenoxy) is 1. The van der Waals surface area contributed by atoms with Gasteiger partial charge in [-0.1, -0.05) is 13.8 Å². The van der Waals surface area contributed by atoms with Crippen LogP contribution in [0.2, 0.25) is 0 Å². The molecule has 0 atom stereocenters. The maximum Gasteiger partial charge on any atom is 0.325 e. The summed E-state index contributed by atoms with van der Waals surface area (Å²) < 4.78 is 4.58. The summed E-state index contributed by atoms with van der Waals surface area (Å²) in [7, 11) is 1.36. The Bertz CT molecular complexity index is 410. The summed E-state index contributed by atoms with van der Waals surface area (Å²) in [5, 5.41) is 6.17. The van der Waals surface area contributed by atoms with Crippen molar-refractivity contribution in [3.63, 3.8) is 0 Å². The van der Waals surface area contributed by atoms with Crippen molar-refractivity contribution in [2.75, 3.05) is 30.8 Å². The van der Waals surface area contributed by atoms with Crippen molar-refractivity contribution in [3.05, 3.63) is 11.9 Å². The molecule has 0 aliphatic rings. The minimum absolute atomic E-state index is 0.103. The second-order valence-electron chi connectivity index (χ2n) is 4.16. The van der Waals surface area contributed by atoms with E-state index < -0.39 is 0 Å². The fourth-order valence-electron chi connectivity index (χ4n) is 1.50. The highest BCUT2D eigenvalue weighted by Crippen LogP contribution is 2.12. The number of nitrogens with zero attached hydrogens (tertiary/aromatic N) is 2. The summed E-state index contributed by atoms with van der Waals surface area (Å²) in [6.45, 7) is 5.14. The van der Waals surface area contributed by atoms with Gasteiger partial charge in [-0.05, 0) is 12.8 Å². The van der Waals surface area contributed by atoms with Gasteiger partial charge in [0.15, 0.2) is 0 Å². The molecule has 0 aromatic carbocycles. The molecule has 1 rings (SSSR count). The molecule has 1 heterocycles. The Morgan fingerprint density at radius 1 is 1.21 bits per heavy atom. The molecule has 0 bridgehead atoms. The maximum atomic E-state index is 11.1. The lowest BCUT2D eigenvalue weighted by Crippen LogP contribution is -2.17. The summed E-state index contributed by atoms with van der Waals surface area (Å²) >= 11 is 0. The molecule has 0 saturated carbocycles. The molecule has 6 heteroatoms. The minimum Gasteiger partial charge on any atom is -0.468 e. The van der Waals surface area contributed by atoms with Crippen LogP contribution < -0.4 is 10.6 Å². The predicted octanol–water partition coefficient (Wildman–Crippen LogP) is 1.84. The largest absolute Gasteiger partial charge is 0.468 e. The summed E-state index contributed by atoms with van der Waals surface area (Å²) in [6, 6.07) is 1.80. The first-order valence-electron chi connectivity index (χ1n) is 6.62. The summed E-state index contributed by atoms with van der Waals surface area (Å²) in [4.78, 5) is 19.9. The number of anilines is 2. The molecule has 0 spiro atoms. The smallest absolute Gasteiger partial charge is 0.325 e. The molecule has 0 aliphatic carbocycles. The average Bonchev–Trinajstić information content (AvgIpc) is 2.42. The molecule has 0 amide bonds. The molecule has 2 N–H and O–H groups in total. The molecule has 0 radical (unpaired) electrons. The zero-order chi connectivity index (χ0) is 14.1. The van der Waals surface area contributed by atoms with Crippen molar-refractivity contribution < 1.29 is 9.53 Å². The van der Waals surface area contributed by atoms with Gasteiger partial charge in [0.1, 0.15) is 24.0 Å². The van der Waals surface area contributed by atoms with Crippen molar-refractivity contribution >= 4 is 17.6 Å². The highest BCUT2D eigenvalue weighted by molar-refractivity contribution is 5.74. The number of aromatic nitrogens is 2. The number of rotatable bonds is 8. The molecule has 19 heavy (non-hydrogen) atoms. The third-order valence-corrected chi connectivity index (χ3v) is 2.44. The van der Waals surface area contributed by atoms with Crippen molar-refractivity contribution in [2.45, 2.75) is 33.1 Å². The normalized spacial score (nSPS) is 10.1. The van der Waals surface area contributed by atoms with Crippen LogP contribution in [-0.4, -0.2) is 36.1 Å². The molecule has 1 aromatic rings. The van der Waals surface area contributed by atoms with Gasteiger partial charge < -0.3 is 15.4 Å². The number of carbonyl (C=O) groups excluding carboxylic acids is 1. The molecule has 1 aromatic heterocycles. The molecular formula is C13H22N4O2. The van der Waals surface area contributed by atoms with E-state index >= 15 is 0 Å². The lowest BCUT2D eigenvalue weighted by atomic mass is 10.3. The third kappa shape index (κ3) is 5.54. The topological polar surface area (TPSA) is 76.1 Å². The molecule has 0 unspecified atom stereocenters. The van der Waals surface area contributed by atoms with Crippen molar-refractivity contribution in [1.29, 1.82) is 0 Å². The minimum atomic E-state index is -0.321. The number of carbonyl (C=O) groups is 1. The molecule has 0 fully saturated rings. The predicted molar refractivity (Wildman–Crippen MR) is 75.3 cm³/mol. The second-order valence-corrected chi connectivity index (χ2v) is 4.16. The van der Waals surface area contributed by atoms with Gasteiger partial charge in [0.05, 0.1) is 7.11 Å². The van der Waals surface area contributed by atoms with E-state index in [1.54, 1.807) is 6.07 Å². The summed E-state index contributed by atoms with van der Waals surface area (Å²) in [5.41, 5.74) is 0. The zero-order valence-electron chi connectivity index (χ0n) is 11.8. The first-order chi connectivity index (χ1) is 9.19. The van der Waals surface area contributed by atoms with Gasteiger partial charge in [0.25, 0.3) is 0 Å². The lowest BCUT2D eigenvalue weighted by Gasteiger charge is -2.10. The van der Waals surface area contributed by atoms with E-state index in [1.165, 1.54) is 7.11 Å². The Hall–Kier alpha value is -1.85. The molecular weight excluding hydrogens is 244 g/mol. The van der Waals surface area contributed by atoms with Crippen LogP contribution in [0.5, 0.6) is 0 Å². The van der Waals surface area contributed by atoms with Crippen LogP contribution in [0.1, 0.15) is 32.5 Å². The Balaban J connectivity index is 2.76. The Morgan fingerprint density at radius 2 is 1.89 bits per heavy atom. The molecule has 6 nitrogen and oxygen atoms in total. The Morgan fingerprint density at radius 3 is 2.47 bits per heavy atom. The number of nitrogens with one attached hydrogen (secondary N) is 2. The fraction of sp³-hybridized carbons (Fsp3) is 0.615. The van der Waals surface area contributed by atoms with Crippen LogP contribution >= 0.6 is 0 Å². The summed E-state index contributed by atoms with van der Waals surface area (Å²) in [6.07, 6.45) is 2.82. The zero-order valence-corrected chi connectivity index (χ0v) is 11.8. The SMILES string of the molecule is CCCNc1cc(NCC(=O)OC)nc(CCC)n1. The average molecular weight is 266 g/mol. The van der Waals surface area contributed by atoms with Crippen LogP contribution in [-0.2, 0) is 16.0 Å². The number of esters is 1. The van der Waals surface area contributed by atoms with E-state index in [4.69, 9.17) is 0 Å². The number of hydrogen-bond acceptors (Lipinski definition) is 6. The second kappa shape index (κ2) is 8.29. The van der Waals surface area contributed by atoms with Crippen LogP contribution in [0.3, 0.4) is 0 Å². The quantitative estimate of drug-likeness (QED) is 0.699. The van der Waals surface area contributed by atoms with Gasteiger partial charge in [-0.25, -0.2) is 9.97 Å². The van der Waals surface area contributed by atoms with Gasteiger partial charge in [-0.15, -0.1) is 0 Å². The van der Waals surface area contributed by atoms with E-state index in [-0.39, 0.29) is 12.5 Å². The highest BCUT2D eigenvalue weighted by atomic mass is 16.5. The Kier molecular flexibility index (Phi) is 6.63. The first-order valence-corrected chi connectivity index (χ1v) is 6.62. The van der Waals surface area contributed by atoms with Gasteiger partial charge in [0.2, 0.25) is 0 Å². The van der Waals surface area contributed by atoms with E-state index in [2.05, 4.69) is 39.2 Å². The first kappa shape index (κ1) is 15.2. The van der Waals surface area contributed by atoms with Crippen LogP contribution in [0.4, 0.5) is 11.6 Å².